The zero-order valence-electron chi connectivity index (χ0n) is 19.3. The van der Waals surface area contributed by atoms with Crippen molar-refractivity contribution >= 4 is 15.9 Å². The van der Waals surface area contributed by atoms with Crippen molar-refractivity contribution in [2.24, 2.45) is 22.2 Å². The number of hydrogen-bond donors (Lipinski definition) is 0. The van der Waals surface area contributed by atoms with Crippen molar-refractivity contribution in [1.29, 1.82) is 0 Å². The summed E-state index contributed by atoms with van der Waals surface area (Å²) >= 11 is 0. The molecule has 6 heteroatoms. The molecule has 4 rings (SSSR count). The van der Waals surface area contributed by atoms with Crippen LogP contribution in [0, 0.1) is 36.0 Å². The van der Waals surface area contributed by atoms with Gasteiger partial charge in [0, 0.05) is 32.1 Å². The summed E-state index contributed by atoms with van der Waals surface area (Å²) in [6, 6.07) is 5.62. The van der Waals surface area contributed by atoms with Gasteiger partial charge in [0.05, 0.1) is 4.90 Å². The van der Waals surface area contributed by atoms with Crippen LogP contribution in [0.2, 0.25) is 0 Å². The fraction of sp³-hybridized carbons (Fsp3) is 0.708. The van der Waals surface area contributed by atoms with Crippen molar-refractivity contribution < 1.29 is 13.2 Å². The molecule has 0 atom stereocenters. The van der Waals surface area contributed by atoms with Crippen LogP contribution in [0.1, 0.15) is 58.1 Å². The molecule has 30 heavy (non-hydrogen) atoms. The number of piperidine rings is 1. The smallest absolute Gasteiger partial charge is 0.243 e. The molecule has 1 aliphatic carbocycles. The summed E-state index contributed by atoms with van der Waals surface area (Å²) in [5.74, 6) is 0.400. The monoisotopic (exact) mass is 432 g/mol. The Morgan fingerprint density at radius 3 is 2.10 bits per heavy atom. The number of aryl methyl sites for hydroxylation is 2. The molecule has 0 bridgehead atoms. The first-order valence-electron chi connectivity index (χ1n) is 11.2. The van der Waals surface area contributed by atoms with Crippen LogP contribution in [0.3, 0.4) is 0 Å². The van der Waals surface area contributed by atoms with E-state index in [0.717, 1.165) is 43.5 Å². The largest absolute Gasteiger partial charge is 0.342 e. The van der Waals surface area contributed by atoms with E-state index in [0.29, 0.717) is 23.9 Å². The van der Waals surface area contributed by atoms with Crippen LogP contribution in [-0.2, 0) is 14.8 Å². The third-order valence-corrected chi connectivity index (χ3v) is 10.8. The SMILES string of the molecule is Cc1ccc(C)c(S(=O)(=O)N2CCC3(CCN(C(=O)C4C(C)(C)C4(C)C)C3)CC2)c1. The average molecular weight is 433 g/mol. The molecule has 0 radical (unpaired) electrons. The molecule has 1 amide bonds. The Kier molecular flexibility index (Phi) is 4.94. The molecule has 1 spiro atoms. The first-order valence-corrected chi connectivity index (χ1v) is 12.6. The second kappa shape index (κ2) is 6.80. The van der Waals surface area contributed by atoms with Gasteiger partial charge >= 0.3 is 0 Å². The first kappa shape index (κ1) is 21.8. The van der Waals surface area contributed by atoms with Crippen LogP contribution in [0.15, 0.2) is 23.1 Å². The van der Waals surface area contributed by atoms with E-state index in [2.05, 4.69) is 32.6 Å². The summed E-state index contributed by atoms with van der Waals surface area (Å²) in [6.07, 6.45) is 2.65. The number of likely N-dealkylation sites (tertiary alicyclic amines) is 1. The summed E-state index contributed by atoms with van der Waals surface area (Å²) < 4.78 is 28.1. The highest BCUT2D eigenvalue weighted by atomic mass is 32.2. The van der Waals surface area contributed by atoms with Gasteiger partial charge in [-0.15, -0.1) is 0 Å². The Morgan fingerprint density at radius 1 is 0.967 bits per heavy atom. The molecular formula is C24H36N2O3S. The molecule has 5 nitrogen and oxygen atoms in total. The number of hydrogen-bond acceptors (Lipinski definition) is 3. The lowest BCUT2D eigenvalue weighted by Crippen LogP contribution is -2.45. The average Bonchev–Trinajstić information content (AvgIpc) is 2.94. The topological polar surface area (TPSA) is 57.7 Å². The highest BCUT2D eigenvalue weighted by Crippen LogP contribution is 2.69. The molecule has 0 N–H and O–H groups in total. The van der Waals surface area contributed by atoms with Crippen LogP contribution in [0.5, 0.6) is 0 Å². The highest BCUT2D eigenvalue weighted by molar-refractivity contribution is 7.89. The maximum Gasteiger partial charge on any atom is 0.243 e. The molecule has 1 aromatic carbocycles. The summed E-state index contributed by atoms with van der Waals surface area (Å²) in [7, 11) is -3.47. The Balaban J connectivity index is 1.43. The van der Waals surface area contributed by atoms with Crippen LogP contribution in [-0.4, -0.2) is 49.7 Å². The standard InChI is InChI=1S/C24H36N2O3S/c1-17-7-8-18(2)19(15-17)30(28,29)26-13-10-24(11-14-26)9-12-25(16-24)21(27)20-22(3,4)23(20,5)6/h7-8,15,20H,9-14,16H2,1-6H3. The lowest BCUT2D eigenvalue weighted by atomic mass is 9.78. The third-order valence-electron chi connectivity index (χ3n) is 8.76. The molecule has 3 aliphatic rings. The number of carbonyl (C=O) groups excluding carboxylic acids is 1. The molecule has 1 saturated carbocycles. The minimum absolute atomic E-state index is 0.0585. The van der Waals surface area contributed by atoms with Crippen molar-refractivity contribution in [3.8, 4) is 0 Å². The number of carbonyl (C=O) groups is 1. The number of sulfonamides is 1. The molecule has 0 unspecified atom stereocenters. The summed E-state index contributed by atoms with van der Waals surface area (Å²) in [4.78, 5) is 15.7. The van der Waals surface area contributed by atoms with Gasteiger partial charge in [0.2, 0.25) is 15.9 Å². The summed E-state index contributed by atoms with van der Waals surface area (Å²) in [5, 5.41) is 0. The molecule has 2 heterocycles. The highest BCUT2D eigenvalue weighted by Gasteiger charge is 2.69. The van der Waals surface area contributed by atoms with E-state index in [1.165, 1.54) is 0 Å². The van der Waals surface area contributed by atoms with E-state index in [4.69, 9.17) is 0 Å². The Hall–Kier alpha value is -1.40. The summed E-state index contributed by atoms with van der Waals surface area (Å²) in [6.45, 7) is 15.2. The van der Waals surface area contributed by atoms with E-state index < -0.39 is 10.0 Å². The summed E-state index contributed by atoms with van der Waals surface area (Å²) in [5.41, 5.74) is 1.95. The molecule has 2 aliphatic heterocycles. The molecule has 1 aromatic rings. The predicted octanol–water partition coefficient (Wildman–Crippen LogP) is 3.99. The van der Waals surface area contributed by atoms with Gasteiger partial charge in [-0.25, -0.2) is 8.42 Å². The van der Waals surface area contributed by atoms with Crippen LogP contribution < -0.4 is 0 Å². The third kappa shape index (κ3) is 3.22. The van der Waals surface area contributed by atoms with E-state index >= 15 is 0 Å². The van der Waals surface area contributed by atoms with E-state index in [9.17, 15) is 13.2 Å². The van der Waals surface area contributed by atoms with Crippen LogP contribution >= 0.6 is 0 Å². The Bertz CT molecular complexity index is 958. The van der Waals surface area contributed by atoms with E-state index in [-0.39, 0.29) is 22.2 Å². The van der Waals surface area contributed by atoms with Crippen molar-refractivity contribution in [3.05, 3.63) is 29.3 Å². The van der Waals surface area contributed by atoms with Crippen molar-refractivity contribution in [2.45, 2.75) is 65.7 Å². The first-order chi connectivity index (χ1) is 13.8. The number of nitrogens with zero attached hydrogens (tertiary/aromatic N) is 2. The normalized spacial score (nSPS) is 25.6. The van der Waals surface area contributed by atoms with Gasteiger partial charge in [-0.05, 0) is 66.5 Å². The second-order valence-electron chi connectivity index (χ2n) is 11.1. The number of rotatable bonds is 3. The molecular weight excluding hydrogens is 396 g/mol. The minimum atomic E-state index is -3.47. The van der Waals surface area contributed by atoms with Gasteiger partial charge in [-0.1, -0.05) is 39.8 Å². The van der Waals surface area contributed by atoms with Gasteiger partial charge in [0.1, 0.15) is 0 Å². The minimum Gasteiger partial charge on any atom is -0.342 e. The van der Waals surface area contributed by atoms with Crippen LogP contribution in [0.25, 0.3) is 0 Å². The molecule has 166 valence electrons. The quantitative estimate of drug-likeness (QED) is 0.726. The fourth-order valence-electron chi connectivity index (χ4n) is 5.85. The van der Waals surface area contributed by atoms with Gasteiger partial charge < -0.3 is 4.90 Å². The lowest BCUT2D eigenvalue weighted by molar-refractivity contribution is -0.133. The second-order valence-corrected chi connectivity index (χ2v) is 13.0. The van der Waals surface area contributed by atoms with E-state index in [1.807, 2.05) is 26.0 Å². The van der Waals surface area contributed by atoms with Gasteiger partial charge in [0.25, 0.3) is 0 Å². The zero-order chi connectivity index (χ0) is 22.1. The number of amides is 1. The van der Waals surface area contributed by atoms with Crippen molar-refractivity contribution in [1.82, 2.24) is 9.21 Å². The van der Waals surface area contributed by atoms with E-state index in [1.54, 1.807) is 10.4 Å². The van der Waals surface area contributed by atoms with Gasteiger partial charge in [-0.3, -0.25) is 4.79 Å². The fourth-order valence-corrected chi connectivity index (χ4v) is 7.60. The Labute approximate surface area is 181 Å². The molecule has 0 aromatic heterocycles. The number of benzene rings is 1. The Morgan fingerprint density at radius 2 is 1.53 bits per heavy atom. The maximum atomic E-state index is 13.2. The van der Waals surface area contributed by atoms with Crippen LogP contribution in [0.4, 0.5) is 0 Å². The molecule has 2 saturated heterocycles. The maximum absolute atomic E-state index is 13.2. The molecule has 3 fully saturated rings. The van der Waals surface area contributed by atoms with Crippen molar-refractivity contribution in [2.75, 3.05) is 26.2 Å². The predicted molar refractivity (Wildman–Crippen MR) is 119 cm³/mol. The van der Waals surface area contributed by atoms with Gasteiger partial charge in [0.15, 0.2) is 0 Å². The van der Waals surface area contributed by atoms with Crippen molar-refractivity contribution in [3.63, 3.8) is 0 Å². The lowest BCUT2D eigenvalue weighted by Gasteiger charge is -2.38. The van der Waals surface area contributed by atoms with Gasteiger partial charge in [-0.2, -0.15) is 4.31 Å². The zero-order valence-corrected chi connectivity index (χ0v) is 20.1.